The summed E-state index contributed by atoms with van der Waals surface area (Å²) < 4.78 is 0. The Balaban J connectivity index is 2.15. The minimum absolute atomic E-state index is 0.228. The molecule has 5 heteroatoms. The van der Waals surface area contributed by atoms with Crippen LogP contribution in [0.2, 0.25) is 0 Å². The number of pyridine rings is 2. The summed E-state index contributed by atoms with van der Waals surface area (Å²) in [5.74, 6) is 5.35. The van der Waals surface area contributed by atoms with Crippen LogP contribution in [-0.2, 0) is 0 Å². The summed E-state index contributed by atoms with van der Waals surface area (Å²) >= 11 is 0. The lowest BCUT2D eigenvalue weighted by Gasteiger charge is -2.05. The average Bonchev–Trinajstić information content (AvgIpc) is 2.45. The second-order valence-corrected chi connectivity index (χ2v) is 4.01. The van der Waals surface area contributed by atoms with Gasteiger partial charge in [0.1, 0.15) is 18.1 Å². The van der Waals surface area contributed by atoms with Gasteiger partial charge in [-0.1, -0.05) is 12.0 Å². The minimum Gasteiger partial charge on any atom is -0.384 e. The van der Waals surface area contributed by atoms with Crippen molar-refractivity contribution in [1.29, 1.82) is 0 Å². The molecule has 0 bridgehead atoms. The monoisotopic (exact) mass is 267 g/mol. The molecule has 0 saturated heterocycles. The number of amides is 1. The molecule has 0 saturated carbocycles. The first-order valence-electron chi connectivity index (χ1n) is 6.00. The molecule has 2 aromatic rings. The van der Waals surface area contributed by atoms with Crippen LogP contribution in [-0.4, -0.2) is 27.6 Å². The molecule has 0 aliphatic carbocycles. The Kier molecular flexibility index (Phi) is 4.43. The number of carbonyl (C=O) groups is 1. The maximum absolute atomic E-state index is 12.0. The number of hydrogen-bond acceptors (Lipinski definition) is 4. The number of aliphatic hydroxyl groups excluding tert-OH is 1. The molecular weight excluding hydrogens is 254 g/mol. The maximum Gasteiger partial charge on any atom is 0.256 e. The van der Waals surface area contributed by atoms with Gasteiger partial charge in [-0.15, -0.1) is 0 Å². The molecule has 2 heterocycles. The van der Waals surface area contributed by atoms with Crippen LogP contribution in [0.15, 0.2) is 36.5 Å². The van der Waals surface area contributed by atoms with Crippen LogP contribution in [0.1, 0.15) is 21.7 Å². The van der Waals surface area contributed by atoms with Gasteiger partial charge >= 0.3 is 0 Å². The number of carbonyl (C=O) groups excluding carboxylic acids is 1. The van der Waals surface area contributed by atoms with Gasteiger partial charge in [0.25, 0.3) is 5.91 Å². The van der Waals surface area contributed by atoms with E-state index in [1.807, 2.05) is 6.92 Å². The number of nitrogens with zero attached hydrogens (tertiary/aromatic N) is 2. The van der Waals surface area contributed by atoms with Crippen LogP contribution in [0, 0.1) is 18.8 Å². The largest absolute Gasteiger partial charge is 0.384 e. The van der Waals surface area contributed by atoms with Gasteiger partial charge in [-0.3, -0.25) is 9.78 Å². The average molecular weight is 267 g/mol. The molecule has 20 heavy (non-hydrogen) atoms. The molecule has 0 radical (unpaired) electrons. The van der Waals surface area contributed by atoms with Crippen LogP contribution in [0.5, 0.6) is 0 Å². The van der Waals surface area contributed by atoms with Crippen molar-refractivity contribution in [2.75, 3.05) is 11.9 Å². The van der Waals surface area contributed by atoms with E-state index in [0.29, 0.717) is 17.1 Å². The number of nitrogens with one attached hydrogen (secondary N) is 1. The van der Waals surface area contributed by atoms with E-state index < -0.39 is 0 Å². The Morgan fingerprint density at radius 2 is 2.25 bits per heavy atom. The third kappa shape index (κ3) is 3.64. The quantitative estimate of drug-likeness (QED) is 0.806. The second kappa shape index (κ2) is 6.45. The van der Waals surface area contributed by atoms with Crippen molar-refractivity contribution in [1.82, 2.24) is 9.97 Å². The lowest BCUT2D eigenvalue weighted by Crippen LogP contribution is -2.13. The smallest absolute Gasteiger partial charge is 0.256 e. The molecule has 0 fully saturated rings. The zero-order chi connectivity index (χ0) is 14.4. The highest BCUT2D eigenvalue weighted by Crippen LogP contribution is 2.08. The lowest BCUT2D eigenvalue weighted by molar-refractivity contribution is 0.102. The first-order chi connectivity index (χ1) is 9.69. The molecule has 0 atom stereocenters. The molecule has 0 aliphatic rings. The molecule has 0 unspecified atom stereocenters. The van der Waals surface area contributed by atoms with Crippen molar-refractivity contribution in [2.45, 2.75) is 6.92 Å². The summed E-state index contributed by atoms with van der Waals surface area (Å²) in [5, 5.41) is 11.3. The molecule has 1 amide bonds. The first kappa shape index (κ1) is 13.7. The molecule has 100 valence electrons. The highest BCUT2D eigenvalue weighted by molar-refractivity contribution is 6.03. The fourth-order valence-electron chi connectivity index (χ4n) is 1.58. The van der Waals surface area contributed by atoms with Crippen molar-refractivity contribution in [2.24, 2.45) is 0 Å². The lowest BCUT2D eigenvalue weighted by atomic mass is 10.2. The van der Waals surface area contributed by atoms with E-state index in [-0.39, 0.29) is 12.5 Å². The number of rotatable bonds is 2. The molecule has 2 N–H and O–H groups in total. The maximum atomic E-state index is 12.0. The Labute approximate surface area is 116 Å². The SMILES string of the molecule is Cc1cc(C(=O)Nc2cccc(C#CCO)n2)ccn1. The van der Waals surface area contributed by atoms with Crippen LogP contribution in [0.25, 0.3) is 0 Å². The van der Waals surface area contributed by atoms with Crippen LogP contribution in [0.3, 0.4) is 0 Å². The highest BCUT2D eigenvalue weighted by atomic mass is 16.2. The van der Waals surface area contributed by atoms with Crippen molar-refractivity contribution in [3.8, 4) is 11.8 Å². The van der Waals surface area contributed by atoms with Crippen LogP contribution < -0.4 is 5.32 Å². The highest BCUT2D eigenvalue weighted by Gasteiger charge is 2.07. The zero-order valence-corrected chi connectivity index (χ0v) is 10.9. The van der Waals surface area contributed by atoms with E-state index in [2.05, 4.69) is 27.1 Å². The number of aryl methyl sites for hydroxylation is 1. The standard InChI is InChI=1S/C15H13N3O2/c1-11-10-12(7-8-16-11)15(20)18-14-6-2-4-13(17-14)5-3-9-19/h2,4,6-8,10,19H,9H2,1H3,(H,17,18,20). The molecule has 2 aromatic heterocycles. The van der Waals surface area contributed by atoms with E-state index in [4.69, 9.17) is 5.11 Å². The Hall–Kier alpha value is -2.71. The predicted molar refractivity (Wildman–Crippen MR) is 75.1 cm³/mol. The van der Waals surface area contributed by atoms with E-state index in [0.717, 1.165) is 5.69 Å². The molecule has 0 aliphatic heterocycles. The number of aromatic nitrogens is 2. The van der Waals surface area contributed by atoms with Gasteiger partial charge in [0.2, 0.25) is 0 Å². The summed E-state index contributed by atoms with van der Waals surface area (Å²) in [5.41, 5.74) is 1.78. The second-order valence-electron chi connectivity index (χ2n) is 4.01. The number of hydrogen-bond donors (Lipinski definition) is 2. The fourth-order valence-corrected chi connectivity index (χ4v) is 1.58. The van der Waals surface area contributed by atoms with Crippen molar-refractivity contribution in [3.63, 3.8) is 0 Å². The topological polar surface area (TPSA) is 75.1 Å². The summed E-state index contributed by atoms with van der Waals surface area (Å²) in [6, 6.07) is 8.45. The molecule has 5 nitrogen and oxygen atoms in total. The predicted octanol–water partition coefficient (Wildman–Crippen LogP) is 1.38. The summed E-state index contributed by atoms with van der Waals surface area (Å²) in [6.07, 6.45) is 1.58. The van der Waals surface area contributed by atoms with Gasteiger partial charge in [-0.25, -0.2) is 4.98 Å². The van der Waals surface area contributed by atoms with Crippen LogP contribution >= 0.6 is 0 Å². The van der Waals surface area contributed by atoms with E-state index in [1.54, 1.807) is 36.5 Å². The van der Waals surface area contributed by atoms with Gasteiger partial charge in [-0.2, -0.15) is 0 Å². The van der Waals surface area contributed by atoms with Gasteiger partial charge in [0.15, 0.2) is 0 Å². The third-order valence-electron chi connectivity index (χ3n) is 2.45. The Bertz CT molecular complexity index is 687. The van der Waals surface area contributed by atoms with Crippen molar-refractivity contribution >= 4 is 11.7 Å². The zero-order valence-electron chi connectivity index (χ0n) is 10.9. The normalized spacial score (nSPS) is 9.50. The Morgan fingerprint density at radius 3 is 3.00 bits per heavy atom. The van der Waals surface area contributed by atoms with E-state index >= 15 is 0 Å². The van der Waals surface area contributed by atoms with Gasteiger partial charge in [-0.05, 0) is 37.1 Å². The first-order valence-corrected chi connectivity index (χ1v) is 6.00. The minimum atomic E-state index is -0.254. The number of aliphatic hydroxyl groups is 1. The van der Waals surface area contributed by atoms with E-state index in [9.17, 15) is 4.79 Å². The van der Waals surface area contributed by atoms with Gasteiger partial charge in [0, 0.05) is 17.5 Å². The van der Waals surface area contributed by atoms with Crippen LogP contribution in [0.4, 0.5) is 5.82 Å². The molecule has 0 spiro atoms. The summed E-state index contributed by atoms with van der Waals surface area (Å²) in [7, 11) is 0. The summed E-state index contributed by atoms with van der Waals surface area (Å²) in [6.45, 7) is 1.59. The molecule has 0 aromatic carbocycles. The van der Waals surface area contributed by atoms with E-state index in [1.165, 1.54) is 0 Å². The Morgan fingerprint density at radius 1 is 1.40 bits per heavy atom. The van der Waals surface area contributed by atoms with Crippen molar-refractivity contribution < 1.29 is 9.90 Å². The van der Waals surface area contributed by atoms with Crippen molar-refractivity contribution in [3.05, 3.63) is 53.5 Å². The molecular formula is C15H13N3O2. The van der Waals surface area contributed by atoms with Gasteiger partial charge < -0.3 is 10.4 Å². The summed E-state index contributed by atoms with van der Waals surface area (Å²) in [4.78, 5) is 20.2. The number of anilines is 1. The van der Waals surface area contributed by atoms with Gasteiger partial charge in [0.05, 0.1) is 0 Å². The third-order valence-corrected chi connectivity index (χ3v) is 2.45. The fraction of sp³-hybridized carbons (Fsp3) is 0.133. The molecule has 2 rings (SSSR count).